The van der Waals surface area contributed by atoms with Gasteiger partial charge in [0.2, 0.25) is 0 Å². The molecule has 1 N–H and O–H groups in total. The number of carbonyl (C=O) groups is 1. The normalized spacial score (nSPS) is 14.8. The Morgan fingerprint density at radius 1 is 1.09 bits per heavy atom. The molecule has 1 aliphatic rings. The topological polar surface area (TPSA) is 71.4 Å². The first kappa shape index (κ1) is 26.2. The number of benzene rings is 2. The van der Waals surface area contributed by atoms with Crippen molar-refractivity contribution in [2.45, 2.75) is 83.0 Å². The van der Waals surface area contributed by atoms with E-state index >= 15 is 0 Å². The van der Waals surface area contributed by atoms with Gasteiger partial charge in [-0.25, -0.2) is 13.2 Å². The first-order valence-corrected chi connectivity index (χ1v) is 14.4. The Hall–Kier alpha value is -2.40. The summed E-state index contributed by atoms with van der Waals surface area (Å²) in [4.78, 5) is 12.4. The molecular weight excluding hydrogens is 444 g/mol. The third-order valence-electron chi connectivity index (χ3n) is 7.04. The van der Waals surface area contributed by atoms with Crippen molar-refractivity contribution in [2.24, 2.45) is 5.92 Å². The van der Waals surface area contributed by atoms with Crippen molar-refractivity contribution in [1.82, 2.24) is 0 Å². The highest BCUT2D eigenvalue weighted by Gasteiger charge is 2.23. The fraction of sp³-hybridized carbons (Fsp3) is 0.483. The second kappa shape index (κ2) is 12.3. The molecule has 2 aromatic rings. The van der Waals surface area contributed by atoms with E-state index in [1.54, 1.807) is 12.1 Å². The predicted molar refractivity (Wildman–Crippen MR) is 139 cm³/mol. The summed E-state index contributed by atoms with van der Waals surface area (Å²) in [7, 11) is -3.57. The summed E-state index contributed by atoms with van der Waals surface area (Å²) >= 11 is 0. The van der Waals surface area contributed by atoms with Crippen LogP contribution in [0.4, 0.5) is 0 Å². The third kappa shape index (κ3) is 6.59. The van der Waals surface area contributed by atoms with Crippen LogP contribution in [0.2, 0.25) is 0 Å². The zero-order chi connectivity index (χ0) is 24.6. The van der Waals surface area contributed by atoms with Gasteiger partial charge in [-0.15, -0.1) is 0 Å². The van der Waals surface area contributed by atoms with Gasteiger partial charge in [-0.1, -0.05) is 82.0 Å². The summed E-state index contributed by atoms with van der Waals surface area (Å²) < 4.78 is 26.6. The van der Waals surface area contributed by atoms with E-state index in [9.17, 15) is 18.3 Å². The van der Waals surface area contributed by atoms with Gasteiger partial charge in [0.15, 0.2) is 9.84 Å². The summed E-state index contributed by atoms with van der Waals surface area (Å²) in [6, 6.07) is 10.9. The van der Waals surface area contributed by atoms with Gasteiger partial charge in [0.25, 0.3) is 0 Å². The minimum atomic E-state index is -3.57. The SMILES string of the molecule is CCCCC(CC)CC=Cc1ccccc1S(=O)(=O)CCc1ccc2c(c1C(=O)O)CCCC2. The number of fused-ring (bicyclic) bond motifs is 1. The molecular formula is C29H38O4S. The molecule has 0 radical (unpaired) electrons. The van der Waals surface area contributed by atoms with Gasteiger partial charge >= 0.3 is 5.97 Å². The fourth-order valence-corrected chi connectivity index (χ4v) is 6.47. The number of allylic oxidation sites excluding steroid dienone is 1. The van der Waals surface area contributed by atoms with E-state index in [0.717, 1.165) is 49.7 Å². The molecule has 2 aromatic carbocycles. The molecule has 0 heterocycles. The number of sulfone groups is 1. The standard InChI is InChI=1S/C29H38O4S/c1-3-5-11-22(4-2)12-10-15-24-14-7-9-17-27(24)34(32,33)21-20-25-19-18-23-13-6-8-16-26(23)28(25)29(30)31/h7,9-10,14-15,17-19,22H,3-6,8,11-13,16,20-21H2,1-2H3,(H,30,31). The van der Waals surface area contributed by atoms with Crippen LogP contribution in [0.3, 0.4) is 0 Å². The largest absolute Gasteiger partial charge is 0.478 e. The van der Waals surface area contributed by atoms with Crippen LogP contribution in [0, 0.1) is 5.92 Å². The average Bonchev–Trinajstić information content (AvgIpc) is 2.84. The van der Waals surface area contributed by atoms with Crippen molar-refractivity contribution in [3.05, 3.63) is 70.3 Å². The molecule has 0 fully saturated rings. The Labute approximate surface area is 205 Å². The summed E-state index contributed by atoms with van der Waals surface area (Å²) in [5.41, 5.74) is 3.63. The van der Waals surface area contributed by atoms with Crippen molar-refractivity contribution >= 4 is 21.9 Å². The fourth-order valence-electron chi connectivity index (χ4n) is 4.98. The maximum atomic E-state index is 13.3. The molecule has 4 nitrogen and oxygen atoms in total. The lowest BCUT2D eigenvalue weighted by atomic mass is 9.85. The highest BCUT2D eigenvalue weighted by atomic mass is 32.2. The zero-order valence-electron chi connectivity index (χ0n) is 20.6. The molecule has 184 valence electrons. The molecule has 0 amide bonds. The van der Waals surface area contributed by atoms with Gasteiger partial charge in [0.05, 0.1) is 16.2 Å². The van der Waals surface area contributed by atoms with Crippen molar-refractivity contribution in [3.8, 4) is 0 Å². The Balaban J connectivity index is 1.78. The predicted octanol–water partition coefficient (Wildman–Crippen LogP) is 6.90. The Bertz CT molecular complexity index is 1110. The van der Waals surface area contributed by atoms with E-state index in [0.29, 0.717) is 27.5 Å². The average molecular weight is 483 g/mol. The lowest BCUT2D eigenvalue weighted by Gasteiger charge is -2.20. The van der Waals surface area contributed by atoms with Gasteiger partial charge < -0.3 is 5.11 Å². The van der Waals surface area contributed by atoms with Gasteiger partial charge in [0, 0.05) is 0 Å². The van der Waals surface area contributed by atoms with Gasteiger partial charge in [-0.3, -0.25) is 0 Å². The molecule has 1 unspecified atom stereocenters. The zero-order valence-corrected chi connectivity index (χ0v) is 21.4. The number of rotatable bonds is 12. The van der Waals surface area contributed by atoms with Crippen LogP contribution >= 0.6 is 0 Å². The summed E-state index contributed by atoms with van der Waals surface area (Å²) in [5, 5.41) is 9.87. The third-order valence-corrected chi connectivity index (χ3v) is 8.82. The number of carboxylic acid groups (broad SMARTS) is 1. The van der Waals surface area contributed by atoms with Crippen molar-refractivity contribution in [3.63, 3.8) is 0 Å². The number of hydrogen-bond donors (Lipinski definition) is 1. The summed E-state index contributed by atoms with van der Waals surface area (Å²) in [5.74, 6) is -0.438. The first-order valence-electron chi connectivity index (χ1n) is 12.7. The van der Waals surface area contributed by atoms with Crippen LogP contribution in [0.25, 0.3) is 6.08 Å². The van der Waals surface area contributed by atoms with Crippen LogP contribution in [-0.2, 0) is 29.1 Å². The van der Waals surface area contributed by atoms with Gasteiger partial charge in [-0.2, -0.15) is 0 Å². The Morgan fingerprint density at radius 3 is 2.59 bits per heavy atom. The van der Waals surface area contributed by atoms with Crippen LogP contribution in [-0.4, -0.2) is 25.2 Å². The number of unbranched alkanes of at least 4 members (excludes halogenated alkanes) is 1. The molecule has 1 aliphatic carbocycles. The highest BCUT2D eigenvalue weighted by Crippen LogP contribution is 2.29. The van der Waals surface area contributed by atoms with Crippen LogP contribution in [0.15, 0.2) is 47.4 Å². The maximum Gasteiger partial charge on any atom is 0.336 e. The lowest BCUT2D eigenvalue weighted by molar-refractivity contribution is 0.0694. The minimum Gasteiger partial charge on any atom is -0.478 e. The van der Waals surface area contributed by atoms with E-state index in [1.807, 2.05) is 30.3 Å². The number of aromatic carboxylic acids is 1. The van der Waals surface area contributed by atoms with Gasteiger partial charge in [0.1, 0.15) is 0 Å². The molecule has 0 aromatic heterocycles. The molecule has 1 atom stereocenters. The Kier molecular flexibility index (Phi) is 9.52. The quantitative estimate of drug-likeness (QED) is 0.357. The number of aryl methyl sites for hydroxylation is 2. The second-order valence-corrected chi connectivity index (χ2v) is 11.5. The molecule has 0 bridgehead atoms. The summed E-state index contributed by atoms with van der Waals surface area (Å²) in [6.45, 7) is 4.41. The van der Waals surface area contributed by atoms with E-state index in [-0.39, 0.29) is 12.2 Å². The Morgan fingerprint density at radius 2 is 1.85 bits per heavy atom. The smallest absolute Gasteiger partial charge is 0.336 e. The van der Waals surface area contributed by atoms with Gasteiger partial charge in [-0.05, 0) is 72.8 Å². The van der Waals surface area contributed by atoms with Crippen LogP contribution in [0.5, 0.6) is 0 Å². The first-order chi connectivity index (χ1) is 16.4. The molecule has 0 aliphatic heterocycles. The monoisotopic (exact) mass is 482 g/mol. The summed E-state index contributed by atoms with van der Waals surface area (Å²) in [6.07, 6.45) is 13.6. The molecule has 34 heavy (non-hydrogen) atoms. The molecule has 0 saturated carbocycles. The van der Waals surface area contributed by atoms with Crippen molar-refractivity contribution in [2.75, 3.05) is 5.75 Å². The molecule has 5 heteroatoms. The van der Waals surface area contributed by atoms with Crippen LogP contribution in [0.1, 0.15) is 91.4 Å². The highest BCUT2D eigenvalue weighted by molar-refractivity contribution is 7.91. The number of carboxylic acids is 1. The van der Waals surface area contributed by atoms with Crippen molar-refractivity contribution < 1.29 is 18.3 Å². The van der Waals surface area contributed by atoms with Crippen LogP contribution < -0.4 is 0 Å². The lowest BCUT2D eigenvalue weighted by Crippen LogP contribution is -2.16. The van der Waals surface area contributed by atoms with Crippen molar-refractivity contribution in [1.29, 1.82) is 0 Å². The molecule has 0 saturated heterocycles. The number of hydrogen-bond acceptors (Lipinski definition) is 3. The van der Waals surface area contributed by atoms with E-state index in [4.69, 9.17) is 0 Å². The van der Waals surface area contributed by atoms with E-state index in [2.05, 4.69) is 19.9 Å². The van der Waals surface area contributed by atoms with E-state index in [1.165, 1.54) is 19.3 Å². The minimum absolute atomic E-state index is 0.106. The van der Waals surface area contributed by atoms with E-state index < -0.39 is 15.8 Å². The second-order valence-electron chi connectivity index (χ2n) is 9.41. The molecule has 0 spiro atoms. The molecule has 3 rings (SSSR count). The maximum absolute atomic E-state index is 13.3.